The maximum atomic E-state index is 12.3. The van der Waals surface area contributed by atoms with Crippen molar-refractivity contribution in [1.29, 1.82) is 0 Å². The molecule has 2 aromatic rings. The summed E-state index contributed by atoms with van der Waals surface area (Å²) in [4.78, 5) is 15.5. The Hall–Kier alpha value is -1.65. The van der Waals surface area contributed by atoms with Gasteiger partial charge in [-0.05, 0) is 36.4 Å². The van der Waals surface area contributed by atoms with E-state index in [4.69, 9.17) is 0 Å². The Bertz CT molecular complexity index is 775. The number of pyridine rings is 1. The normalized spacial score (nSPS) is 26.4. The fourth-order valence-corrected chi connectivity index (χ4v) is 5.17. The van der Waals surface area contributed by atoms with Gasteiger partial charge in [0, 0.05) is 30.1 Å². The maximum Gasteiger partial charge on any atom is 0.250 e. The third kappa shape index (κ3) is 2.81. The van der Waals surface area contributed by atoms with E-state index >= 15 is 0 Å². The molecule has 2 aliphatic heterocycles. The minimum atomic E-state index is 0.171. The lowest BCUT2D eigenvalue weighted by Crippen LogP contribution is -3.13. The van der Waals surface area contributed by atoms with Gasteiger partial charge in [-0.1, -0.05) is 18.2 Å². The standard InChI is InChI=1S/C19H22N2OS/c1-2-4-15-6-7-18(22)21-11-14-9-16(19(15)21)12-20(10-14)13-17-5-3-8-23-17/h2-8,14,16H,9-13H2,1H3/p+1/b4-2+/t14-,16+/m0/s1. The number of rotatable bonds is 3. The first-order chi connectivity index (χ1) is 11.2. The predicted molar refractivity (Wildman–Crippen MR) is 95.0 cm³/mol. The molecule has 2 bridgehead atoms. The van der Waals surface area contributed by atoms with Crippen molar-refractivity contribution in [3.63, 3.8) is 0 Å². The molecule has 0 amide bonds. The molecule has 0 aliphatic carbocycles. The quantitative estimate of drug-likeness (QED) is 0.919. The molecule has 2 aromatic heterocycles. The smallest absolute Gasteiger partial charge is 0.250 e. The van der Waals surface area contributed by atoms with Crippen LogP contribution in [0, 0.1) is 5.92 Å². The second kappa shape index (κ2) is 6.10. The summed E-state index contributed by atoms with van der Waals surface area (Å²) in [7, 11) is 0. The monoisotopic (exact) mass is 327 g/mol. The molecular weight excluding hydrogens is 304 g/mol. The fourth-order valence-electron chi connectivity index (χ4n) is 4.39. The third-order valence-electron chi connectivity index (χ3n) is 5.17. The summed E-state index contributed by atoms with van der Waals surface area (Å²) in [6, 6.07) is 8.12. The predicted octanol–water partition coefficient (Wildman–Crippen LogP) is 2.15. The Morgan fingerprint density at radius 2 is 2.26 bits per heavy atom. The Morgan fingerprint density at radius 3 is 3.04 bits per heavy atom. The van der Waals surface area contributed by atoms with Crippen LogP contribution < -0.4 is 10.5 Å². The molecule has 0 aromatic carbocycles. The van der Waals surface area contributed by atoms with Crippen LogP contribution in [0.5, 0.6) is 0 Å². The van der Waals surface area contributed by atoms with Crippen LogP contribution in [0.3, 0.4) is 0 Å². The van der Waals surface area contributed by atoms with Crippen molar-refractivity contribution in [3.8, 4) is 0 Å². The van der Waals surface area contributed by atoms with Crippen LogP contribution >= 0.6 is 11.3 Å². The summed E-state index contributed by atoms with van der Waals surface area (Å²) >= 11 is 1.86. The average Bonchev–Trinajstić information content (AvgIpc) is 3.03. The molecule has 1 N–H and O–H groups in total. The number of piperidine rings is 1. The van der Waals surface area contributed by atoms with E-state index in [9.17, 15) is 4.79 Å². The topological polar surface area (TPSA) is 26.4 Å². The molecule has 23 heavy (non-hydrogen) atoms. The zero-order valence-electron chi connectivity index (χ0n) is 13.5. The van der Waals surface area contributed by atoms with E-state index in [-0.39, 0.29) is 5.56 Å². The van der Waals surface area contributed by atoms with Crippen LogP contribution in [0.15, 0.2) is 40.5 Å². The van der Waals surface area contributed by atoms with E-state index in [2.05, 4.69) is 34.2 Å². The number of quaternary nitrogens is 1. The van der Waals surface area contributed by atoms with Gasteiger partial charge in [-0.2, -0.15) is 0 Å². The Labute approximate surface area is 140 Å². The van der Waals surface area contributed by atoms with Gasteiger partial charge < -0.3 is 9.47 Å². The van der Waals surface area contributed by atoms with Gasteiger partial charge >= 0.3 is 0 Å². The van der Waals surface area contributed by atoms with Crippen LogP contribution in [0.1, 0.15) is 35.4 Å². The average molecular weight is 327 g/mol. The number of aromatic nitrogens is 1. The van der Waals surface area contributed by atoms with E-state index in [0.717, 1.165) is 19.6 Å². The first-order valence-corrected chi connectivity index (χ1v) is 9.35. The largest absolute Gasteiger partial charge is 0.330 e. The molecule has 1 unspecified atom stereocenters. The zero-order chi connectivity index (χ0) is 15.8. The molecule has 1 saturated heterocycles. The third-order valence-corrected chi connectivity index (χ3v) is 6.04. The summed E-state index contributed by atoms with van der Waals surface area (Å²) in [5, 5.41) is 2.17. The van der Waals surface area contributed by atoms with E-state index in [1.54, 1.807) is 11.0 Å². The van der Waals surface area contributed by atoms with Gasteiger partial charge in [0.1, 0.15) is 6.54 Å². The van der Waals surface area contributed by atoms with Crippen molar-refractivity contribution >= 4 is 17.4 Å². The summed E-state index contributed by atoms with van der Waals surface area (Å²) in [5.74, 6) is 1.15. The van der Waals surface area contributed by atoms with Crippen LogP contribution in [0.4, 0.5) is 0 Å². The highest BCUT2D eigenvalue weighted by atomic mass is 32.1. The SMILES string of the molecule is C/C=C/c1ccc(=O)n2c1[C@@H]1C[C@H](C2)C[NH+](Cc2cccs2)C1. The van der Waals surface area contributed by atoms with Gasteiger partial charge in [-0.25, -0.2) is 0 Å². The van der Waals surface area contributed by atoms with Gasteiger partial charge in [0.2, 0.25) is 0 Å². The number of likely N-dealkylation sites (tertiary alicyclic amines) is 1. The van der Waals surface area contributed by atoms with Gasteiger partial charge in [0.05, 0.1) is 18.0 Å². The van der Waals surface area contributed by atoms with Crippen molar-refractivity contribution in [2.24, 2.45) is 5.92 Å². The molecule has 1 fully saturated rings. The number of nitrogens with one attached hydrogen (secondary N) is 1. The Kier molecular flexibility index (Phi) is 3.95. The number of fused-ring (bicyclic) bond motifs is 4. The molecule has 4 heterocycles. The number of nitrogens with zero attached hydrogens (tertiary/aromatic N) is 1. The number of hydrogen-bond acceptors (Lipinski definition) is 2. The van der Waals surface area contributed by atoms with Crippen molar-refractivity contribution in [2.45, 2.75) is 32.4 Å². The Balaban J connectivity index is 1.67. The highest BCUT2D eigenvalue weighted by molar-refractivity contribution is 7.09. The summed E-state index contributed by atoms with van der Waals surface area (Å²) in [5.41, 5.74) is 2.67. The second-order valence-corrected chi connectivity index (χ2v) is 7.87. The lowest BCUT2D eigenvalue weighted by molar-refractivity contribution is -0.924. The molecule has 0 saturated carbocycles. The number of thiophene rings is 1. The molecule has 0 spiro atoms. The van der Waals surface area contributed by atoms with Gasteiger partial charge in [-0.3, -0.25) is 4.79 Å². The summed E-state index contributed by atoms with van der Waals surface area (Å²) < 4.78 is 2.05. The second-order valence-electron chi connectivity index (χ2n) is 6.84. The first kappa shape index (κ1) is 14.9. The number of hydrogen-bond donors (Lipinski definition) is 1. The molecule has 120 valence electrons. The minimum absolute atomic E-state index is 0.171. The molecule has 3 atom stereocenters. The van der Waals surface area contributed by atoms with Crippen LogP contribution in [-0.2, 0) is 13.1 Å². The molecule has 0 radical (unpaired) electrons. The van der Waals surface area contributed by atoms with Gasteiger partial charge in [-0.15, -0.1) is 11.3 Å². The van der Waals surface area contributed by atoms with Crippen molar-refractivity contribution in [3.05, 3.63) is 62.2 Å². The van der Waals surface area contributed by atoms with Crippen molar-refractivity contribution in [1.82, 2.24) is 4.57 Å². The highest BCUT2D eigenvalue weighted by Crippen LogP contribution is 2.33. The molecule has 3 nitrogen and oxygen atoms in total. The van der Waals surface area contributed by atoms with E-state index in [0.29, 0.717) is 11.8 Å². The molecule has 4 rings (SSSR count). The lowest BCUT2D eigenvalue weighted by atomic mass is 9.81. The maximum absolute atomic E-state index is 12.3. The summed E-state index contributed by atoms with van der Waals surface area (Å²) in [6.07, 6.45) is 5.47. The number of allylic oxidation sites excluding steroid dienone is 1. The Morgan fingerprint density at radius 1 is 1.35 bits per heavy atom. The lowest BCUT2D eigenvalue weighted by Gasteiger charge is -2.41. The van der Waals surface area contributed by atoms with E-state index < -0.39 is 0 Å². The zero-order valence-corrected chi connectivity index (χ0v) is 14.3. The molecular formula is C19H23N2OS+. The molecule has 2 aliphatic rings. The van der Waals surface area contributed by atoms with E-state index in [1.807, 2.05) is 24.3 Å². The van der Waals surface area contributed by atoms with Crippen molar-refractivity contribution in [2.75, 3.05) is 13.1 Å². The minimum Gasteiger partial charge on any atom is -0.330 e. The first-order valence-electron chi connectivity index (χ1n) is 8.47. The summed E-state index contributed by atoms with van der Waals surface area (Å²) in [6.45, 7) is 6.39. The van der Waals surface area contributed by atoms with Gasteiger partial charge in [0.25, 0.3) is 5.56 Å². The highest BCUT2D eigenvalue weighted by Gasteiger charge is 2.38. The van der Waals surface area contributed by atoms with Crippen LogP contribution in [-0.4, -0.2) is 17.7 Å². The molecule has 4 heteroatoms. The van der Waals surface area contributed by atoms with Gasteiger partial charge in [0.15, 0.2) is 0 Å². The van der Waals surface area contributed by atoms with Crippen LogP contribution in [0.25, 0.3) is 6.08 Å². The fraction of sp³-hybridized carbons (Fsp3) is 0.421. The van der Waals surface area contributed by atoms with Crippen LogP contribution in [0.2, 0.25) is 0 Å². The van der Waals surface area contributed by atoms with E-state index in [1.165, 1.54) is 29.1 Å². The van der Waals surface area contributed by atoms with Crippen molar-refractivity contribution < 1.29 is 4.90 Å².